The SMILES string of the molecule is CCc1cc(C(C)NC(=O)c2ccnc(CC(=O)C3CC3)c2)cnc1OCC(F)F. The molecule has 0 aromatic carbocycles. The number of halogens is 2. The van der Waals surface area contributed by atoms with Crippen LogP contribution in [0.25, 0.3) is 0 Å². The van der Waals surface area contributed by atoms with Crippen molar-refractivity contribution in [3.8, 4) is 5.88 Å². The van der Waals surface area contributed by atoms with Crippen molar-refractivity contribution in [2.45, 2.75) is 52.0 Å². The first-order valence-corrected chi connectivity index (χ1v) is 10.1. The van der Waals surface area contributed by atoms with Crippen molar-refractivity contribution in [3.63, 3.8) is 0 Å². The molecule has 6 nitrogen and oxygen atoms in total. The number of hydrogen-bond acceptors (Lipinski definition) is 5. The molecule has 1 saturated carbocycles. The van der Waals surface area contributed by atoms with Gasteiger partial charge in [0.25, 0.3) is 12.3 Å². The van der Waals surface area contributed by atoms with E-state index in [1.165, 1.54) is 12.4 Å². The molecule has 1 unspecified atom stereocenters. The number of aromatic nitrogens is 2. The number of carbonyl (C=O) groups excluding carboxylic acids is 2. The number of hydrogen-bond donors (Lipinski definition) is 1. The van der Waals surface area contributed by atoms with Crippen LogP contribution in [0.1, 0.15) is 59.9 Å². The summed E-state index contributed by atoms with van der Waals surface area (Å²) in [6, 6.07) is 4.68. The van der Waals surface area contributed by atoms with E-state index in [-0.39, 0.29) is 36.0 Å². The number of pyridine rings is 2. The molecule has 0 aliphatic heterocycles. The molecule has 2 aromatic rings. The molecule has 30 heavy (non-hydrogen) atoms. The van der Waals surface area contributed by atoms with Crippen molar-refractivity contribution < 1.29 is 23.1 Å². The molecule has 1 atom stereocenters. The first kappa shape index (κ1) is 21.8. The lowest BCUT2D eigenvalue weighted by molar-refractivity contribution is -0.119. The van der Waals surface area contributed by atoms with Crippen molar-refractivity contribution in [1.29, 1.82) is 0 Å². The second kappa shape index (κ2) is 9.73. The smallest absolute Gasteiger partial charge is 0.272 e. The number of carbonyl (C=O) groups is 2. The summed E-state index contributed by atoms with van der Waals surface area (Å²) in [4.78, 5) is 33.0. The van der Waals surface area contributed by atoms with Gasteiger partial charge in [-0.2, -0.15) is 0 Å². The van der Waals surface area contributed by atoms with Gasteiger partial charge in [-0.25, -0.2) is 13.8 Å². The van der Waals surface area contributed by atoms with E-state index < -0.39 is 13.0 Å². The van der Waals surface area contributed by atoms with Gasteiger partial charge in [0, 0.05) is 41.6 Å². The number of nitrogens with zero attached hydrogens (tertiary/aromatic N) is 2. The molecular formula is C22H25F2N3O3. The molecule has 160 valence electrons. The van der Waals surface area contributed by atoms with Crippen LogP contribution in [0.15, 0.2) is 30.6 Å². The van der Waals surface area contributed by atoms with Crippen LogP contribution in [0, 0.1) is 5.92 Å². The molecule has 2 aromatic heterocycles. The molecule has 1 amide bonds. The van der Waals surface area contributed by atoms with Crippen LogP contribution in [0.2, 0.25) is 0 Å². The van der Waals surface area contributed by atoms with Crippen molar-refractivity contribution >= 4 is 11.7 Å². The minimum Gasteiger partial charge on any atom is -0.471 e. The second-order valence-electron chi connectivity index (χ2n) is 7.44. The van der Waals surface area contributed by atoms with E-state index in [1.54, 1.807) is 18.2 Å². The summed E-state index contributed by atoms with van der Waals surface area (Å²) < 4.78 is 29.8. The standard InChI is InChI=1S/C22H25F2N3O3/c1-3-14-8-17(11-26-22(14)30-12-20(23)24)13(2)27-21(29)16-6-7-25-18(9-16)10-19(28)15-4-5-15/h6-9,11,13,15,20H,3-5,10,12H2,1-2H3,(H,27,29). The van der Waals surface area contributed by atoms with Gasteiger partial charge >= 0.3 is 0 Å². The zero-order valence-corrected chi connectivity index (χ0v) is 17.0. The lowest BCUT2D eigenvalue weighted by atomic mass is 10.1. The maximum absolute atomic E-state index is 12.7. The van der Waals surface area contributed by atoms with Crippen molar-refractivity contribution in [2.24, 2.45) is 5.92 Å². The van der Waals surface area contributed by atoms with Crippen LogP contribution >= 0.6 is 0 Å². The largest absolute Gasteiger partial charge is 0.471 e. The third kappa shape index (κ3) is 5.81. The van der Waals surface area contributed by atoms with Crippen LogP contribution in [-0.2, 0) is 17.6 Å². The second-order valence-corrected chi connectivity index (χ2v) is 7.44. The Morgan fingerprint density at radius 2 is 2.03 bits per heavy atom. The highest BCUT2D eigenvalue weighted by Gasteiger charge is 2.29. The summed E-state index contributed by atoms with van der Waals surface area (Å²) in [5.41, 5.74) is 2.44. The number of alkyl halides is 2. The lowest BCUT2D eigenvalue weighted by Crippen LogP contribution is -2.27. The molecular weight excluding hydrogens is 392 g/mol. The molecule has 1 aliphatic carbocycles. The van der Waals surface area contributed by atoms with Gasteiger partial charge < -0.3 is 10.1 Å². The first-order chi connectivity index (χ1) is 14.4. The zero-order valence-electron chi connectivity index (χ0n) is 17.0. The fraction of sp³-hybridized carbons (Fsp3) is 0.455. The van der Waals surface area contributed by atoms with E-state index in [2.05, 4.69) is 15.3 Å². The van der Waals surface area contributed by atoms with Gasteiger partial charge in [0.1, 0.15) is 5.78 Å². The molecule has 1 fully saturated rings. The maximum atomic E-state index is 12.7. The Morgan fingerprint density at radius 3 is 2.70 bits per heavy atom. The molecule has 0 bridgehead atoms. The molecule has 0 radical (unpaired) electrons. The van der Waals surface area contributed by atoms with Crippen LogP contribution in [-0.4, -0.2) is 34.7 Å². The van der Waals surface area contributed by atoms with Gasteiger partial charge in [-0.05, 0) is 49.9 Å². The summed E-state index contributed by atoms with van der Waals surface area (Å²) >= 11 is 0. The molecule has 1 N–H and O–H groups in total. The van der Waals surface area contributed by atoms with Crippen molar-refractivity contribution in [2.75, 3.05) is 6.61 Å². The fourth-order valence-electron chi connectivity index (χ4n) is 3.09. The van der Waals surface area contributed by atoms with E-state index in [0.29, 0.717) is 23.2 Å². The molecule has 3 rings (SSSR count). The Kier molecular flexibility index (Phi) is 7.07. The normalized spacial score (nSPS) is 14.4. The summed E-state index contributed by atoms with van der Waals surface area (Å²) in [6.07, 6.45) is 3.15. The van der Waals surface area contributed by atoms with Gasteiger partial charge in [-0.3, -0.25) is 14.6 Å². The molecule has 1 aliphatic rings. The number of aryl methyl sites for hydroxylation is 1. The van der Waals surface area contributed by atoms with Crippen molar-refractivity contribution in [3.05, 3.63) is 53.0 Å². The monoisotopic (exact) mass is 417 g/mol. The number of nitrogens with one attached hydrogen (secondary N) is 1. The third-order valence-electron chi connectivity index (χ3n) is 4.99. The van der Waals surface area contributed by atoms with E-state index in [4.69, 9.17) is 4.74 Å². The van der Waals surface area contributed by atoms with Gasteiger partial charge in [0.05, 0.1) is 6.04 Å². The first-order valence-electron chi connectivity index (χ1n) is 10.1. The lowest BCUT2D eigenvalue weighted by Gasteiger charge is -2.17. The summed E-state index contributed by atoms with van der Waals surface area (Å²) in [5.74, 6) is 0.207. The Bertz CT molecular complexity index is 916. The highest BCUT2D eigenvalue weighted by Crippen LogP contribution is 2.30. The van der Waals surface area contributed by atoms with Crippen LogP contribution in [0.3, 0.4) is 0 Å². The molecule has 0 saturated heterocycles. The highest BCUT2D eigenvalue weighted by atomic mass is 19.3. The number of ether oxygens (including phenoxy) is 1. The van der Waals surface area contributed by atoms with Gasteiger partial charge in [-0.1, -0.05) is 6.92 Å². The third-order valence-corrected chi connectivity index (χ3v) is 4.99. The van der Waals surface area contributed by atoms with Gasteiger partial charge in [-0.15, -0.1) is 0 Å². The Morgan fingerprint density at radius 1 is 1.27 bits per heavy atom. The molecule has 8 heteroatoms. The molecule has 2 heterocycles. The number of ketones is 1. The van der Waals surface area contributed by atoms with Crippen LogP contribution in [0.4, 0.5) is 8.78 Å². The van der Waals surface area contributed by atoms with E-state index >= 15 is 0 Å². The topological polar surface area (TPSA) is 81.2 Å². The predicted molar refractivity (Wildman–Crippen MR) is 107 cm³/mol. The maximum Gasteiger partial charge on any atom is 0.272 e. The minimum atomic E-state index is -2.57. The number of Topliss-reactive ketones (excluding diaryl/α,β-unsaturated/α-hetero) is 1. The van der Waals surface area contributed by atoms with Crippen LogP contribution < -0.4 is 10.1 Å². The van der Waals surface area contributed by atoms with E-state index in [0.717, 1.165) is 18.4 Å². The quantitative estimate of drug-likeness (QED) is 0.638. The molecule has 0 spiro atoms. The number of amides is 1. The Hall–Kier alpha value is -2.90. The van der Waals surface area contributed by atoms with E-state index in [1.807, 2.05) is 13.8 Å². The summed E-state index contributed by atoms with van der Waals surface area (Å²) in [7, 11) is 0. The number of rotatable bonds is 10. The van der Waals surface area contributed by atoms with Crippen molar-refractivity contribution in [1.82, 2.24) is 15.3 Å². The Labute approximate surface area is 174 Å². The predicted octanol–water partition coefficient (Wildman–Crippen LogP) is 3.70. The van der Waals surface area contributed by atoms with E-state index in [9.17, 15) is 18.4 Å². The van der Waals surface area contributed by atoms with Gasteiger partial charge in [0.15, 0.2) is 6.61 Å². The Balaban J connectivity index is 1.65. The summed E-state index contributed by atoms with van der Waals surface area (Å²) in [6.45, 7) is 2.98. The van der Waals surface area contributed by atoms with Crippen LogP contribution in [0.5, 0.6) is 5.88 Å². The zero-order chi connectivity index (χ0) is 21.7. The highest BCUT2D eigenvalue weighted by molar-refractivity contribution is 5.94. The fourth-order valence-corrected chi connectivity index (χ4v) is 3.09. The minimum absolute atomic E-state index is 0.150. The summed E-state index contributed by atoms with van der Waals surface area (Å²) in [5, 5.41) is 2.90. The average molecular weight is 417 g/mol. The van der Waals surface area contributed by atoms with Gasteiger partial charge in [0.2, 0.25) is 5.88 Å². The average Bonchev–Trinajstić information content (AvgIpc) is 3.57.